The summed E-state index contributed by atoms with van der Waals surface area (Å²) in [6.07, 6.45) is 2.49. The van der Waals surface area contributed by atoms with Crippen LogP contribution in [0.15, 0.2) is 18.3 Å². The summed E-state index contributed by atoms with van der Waals surface area (Å²) in [5.41, 5.74) is 13.3. The lowest BCUT2D eigenvalue weighted by atomic mass is 9.98. The number of nitrogens with two attached hydrogens (primary N) is 2. The van der Waals surface area contributed by atoms with E-state index in [1.165, 1.54) is 0 Å². The fraction of sp³-hybridized carbons (Fsp3) is 0.615. The molecule has 2 atom stereocenters. The van der Waals surface area contributed by atoms with Gasteiger partial charge >= 0.3 is 0 Å². The van der Waals surface area contributed by atoms with Crippen LogP contribution < -0.4 is 11.5 Å². The minimum Gasteiger partial charge on any atom is -0.383 e. The fourth-order valence-corrected chi connectivity index (χ4v) is 2.52. The molecule has 5 heteroatoms. The zero-order chi connectivity index (χ0) is 13.1. The summed E-state index contributed by atoms with van der Waals surface area (Å²) >= 11 is 0. The minimum absolute atomic E-state index is 0.0873. The molecule has 1 aliphatic rings. The zero-order valence-corrected chi connectivity index (χ0v) is 11.2. The molecule has 0 radical (unpaired) electrons. The van der Waals surface area contributed by atoms with Gasteiger partial charge in [-0.05, 0) is 32.1 Å². The lowest BCUT2D eigenvalue weighted by Crippen LogP contribution is -2.58. The van der Waals surface area contributed by atoms with Crippen molar-refractivity contribution in [1.82, 2.24) is 14.8 Å². The first-order valence-electron chi connectivity index (χ1n) is 6.41. The molecule has 1 fully saturated rings. The number of nitrogens with zero attached hydrogens (tertiary/aromatic N) is 3. The molecule has 1 aromatic rings. The monoisotopic (exact) mass is 249 g/mol. The highest BCUT2D eigenvalue weighted by molar-refractivity contribution is 5.39. The Morgan fingerprint density at radius 1 is 1.44 bits per heavy atom. The molecule has 2 unspecified atom stereocenters. The molecule has 0 bridgehead atoms. The maximum absolute atomic E-state index is 6.35. The first kappa shape index (κ1) is 13.3. The van der Waals surface area contributed by atoms with Crippen LogP contribution in [-0.4, -0.2) is 60.6 Å². The van der Waals surface area contributed by atoms with Crippen LogP contribution in [0, 0.1) is 0 Å². The summed E-state index contributed by atoms with van der Waals surface area (Å²) in [4.78, 5) is 8.78. The number of anilines is 1. The Kier molecular flexibility index (Phi) is 4.16. The van der Waals surface area contributed by atoms with E-state index in [1.807, 2.05) is 12.1 Å². The summed E-state index contributed by atoms with van der Waals surface area (Å²) in [6.45, 7) is 3.18. The van der Waals surface area contributed by atoms with Gasteiger partial charge in [0.2, 0.25) is 0 Å². The smallest absolute Gasteiger partial charge is 0.126 e. The van der Waals surface area contributed by atoms with E-state index in [0.717, 1.165) is 31.6 Å². The van der Waals surface area contributed by atoms with Crippen LogP contribution >= 0.6 is 0 Å². The summed E-state index contributed by atoms with van der Waals surface area (Å²) < 4.78 is 0. The molecule has 0 saturated carbocycles. The number of aromatic nitrogens is 1. The van der Waals surface area contributed by atoms with Gasteiger partial charge in [-0.3, -0.25) is 4.90 Å². The first-order valence-corrected chi connectivity index (χ1v) is 6.41. The highest BCUT2D eigenvalue weighted by atomic mass is 15.3. The molecule has 0 aromatic carbocycles. The van der Waals surface area contributed by atoms with Gasteiger partial charge in [-0.2, -0.15) is 0 Å². The highest BCUT2D eigenvalue weighted by Gasteiger charge is 2.27. The van der Waals surface area contributed by atoms with E-state index in [0.29, 0.717) is 11.9 Å². The molecule has 1 aliphatic heterocycles. The summed E-state index contributed by atoms with van der Waals surface area (Å²) in [7, 11) is 4.29. The van der Waals surface area contributed by atoms with Crippen molar-refractivity contribution in [3.8, 4) is 0 Å². The van der Waals surface area contributed by atoms with Crippen molar-refractivity contribution in [2.75, 3.05) is 39.5 Å². The Balaban J connectivity index is 2.03. The third-order valence-electron chi connectivity index (χ3n) is 3.78. The topological polar surface area (TPSA) is 71.4 Å². The predicted molar refractivity (Wildman–Crippen MR) is 74.2 cm³/mol. The van der Waals surface area contributed by atoms with Crippen molar-refractivity contribution < 1.29 is 0 Å². The van der Waals surface area contributed by atoms with E-state index in [9.17, 15) is 0 Å². The van der Waals surface area contributed by atoms with Crippen LogP contribution in [-0.2, 0) is 6.42 Å². The summed E-state index contributed by atoms with van der Waals surface area (Å²) in [5.74, 6) is 0.597. The number of hydrogen-bond acceptors (Lipinski definition) is 5. The van der Waals surface area contributed by atoms with Gasteiger partial charge in [0.05, 0.1) is 0 Å². The molecule has 2 heterocycles. The number of likely N-dealkylation sites (N-methyl/N-ethyl adjacent to an activating group) is 2. The normalized spacial score (nSPS) is 24.1. The maximum Gasteiger partial charge on any atom is 0.126 e. The molecular weight excluding hydrogens is 226 g/mol. The molecule has 2 rings (SSSR count). The second kappa shape index (κ2) is 5.65. The van der Waals surface area contributed by atoms with Crippen LogP contribution in [0.3, 0.4) is 0 Å². The van der Waals surface area contributed by atoms with Crippen molar-refractivity contribution in [1.29, 1.82) is 0 Å². The minimum atomic E-state index is 0.0873. The van der Waals surface area contributed by atoms with Gasteiger partial charge in [0.1, 0.15) is 5.82 Å². The van der Waals surface area contributed by atoms with E-state index in [4.69, 9.17) is 11.5 Å². The van der Waals surface area contributed by atoms with Gasteiger partial charge in [0, 0.05) is 37.9 Å². The Labute approximate surface area is 109 Å². The standard InChI is InChI=1S/C13H23N5/c1-17-6-7-18(2)12(9-17)11(14)8-10-4-3-5-16-13(10)15/h3-5,11-12H,6-9,14H2,1-2H3,(H2,15,16). The third kappa shape index (κ3) is 2.98. The van der Waals surface area contributed by atoms with Crippen molar-refractivity contribution in [2.45, 2.75) is 18.5 Å². The SMILES string of the molecule is CN1CCN(C)C(C(N)Cc2cccnc2N)C1. The molecule has 0 spiro atoms. The van der Waals surface area contributed by atoms with Gasteiger partial charge in [0.25, 0.3) is 0 Å². The van der Waals surface area contributed by atoms with Crippen LogP contribution in [0.25, 0.3) is 0 Å². The van der Waals surface area contributed by atoms with Gasteiger partial charge in [0.15, 0.2) is 0 Å². The molecule has 4 N–H and O–H groups in total. The highest BCUT2D eigenvalue weighted by Crippen LogP contribution is 2.15. The molecule has 1 saturated heterocycles. The predicted octanol–water partition coefficient (Wildman–Crippen LogP) is -0.221. The van der Waals surface area contributed by atoms with Gasteiger partial charge in [-0.15, -0.1) is 0 Å². The number of pyridine rings is 1. The quantitative estimate of drug-likeness (QED) is 0.775. The molecule has 5 nitrogen and oxygen atoms in total. The van der Waals surface area contributed by atoms with Crippen molar-refractivity contribution in [3.63, 3.8) is 0 Å². The fourth-order valence-electron chi connectivity index (χ4n) is 2.52. The maximum atomic E-state index is 6.35. The molecule has 0 amide bonds. The van der Waals surface area contributed by atoms with Crippen LogP contribution in [0.5, 0.6) is 0 Å². The lowest BCUT2D eigenvalue weighted by Gasteiger charge is -2.40. The van der Waals surface area contributed by atoms with Gasteiger partial charge in [-0.1, -0.05) is 6.07 Å². The number of rotatable bonds is 3. The van der Waals surface area contributed by atoms with E-state index in [-0.39, 0.29) is 6.04 Å². The van der Waals surface area contributed by atoms with Gasteiger partial charge in [-0.25, -0.2) is 4.98 Å². The van der Waals surface area contributed by atoms with E-state index in [2.05, 4.69) is 28.9 Å². The molecular formula is C13H23N5. The summed E-state index contributed by atoms with van der Waals surface area (Å²) in [5, 5.41) is 0. The van der Waals surface area contributed by atoms with E-state index in [1.54, 1.807) is 6.20 Å². The van der Waals surface area contributed by atoms with E-state index >= 15 is 0 Å². The average Bonchev–Trinajstić information content (AvgIpc) is 2.35. The van der Waals surface area contributed by atoms with Gasteiger partial charge < -0.3 is 16.4 Å². The van der Waals surface area contributed by atoms with Crippen molar-refractivity contribution in [3.05, 3.63) is 23.9 Å². The Bertz CT molecular complexity index is 395. The second-order valence-electron chi connectivity index (χ2n) is 5.23. The number of hydrogen-bond donors (Lipinski definition) is 2. The van der Waals surface area contributed by atoms with Crippen molar-refractivity contribution >= 4 is 5.82 Å². The van der Waals surface area contributed by atoms with Crippen molar-refractivity contribution in [2.24, 2.45) is 5.73 Å². The summed E-state index contributed by atoms with van der Waals surface area (Å²) in [6, 6.07) is 4.39. The van der Waals surface area contributed by atoms with Crippen LogP contribution in [0.2, 0.25) is 0 Å². The first-order chi connectivity index (χ1) is 8.58. The molecule has 100 valence electrons. The second-order valence-corrected chi connectivity index (χ2v) is 5.23. The molecule has 1 aromatic heterocycles. The number of nitrogen functional groups attached to an aromatic ring is 1. The lowest BCUT2D eigenvalue weighted by molar-refractivity contribution is 0.0974. The third-order valence-corrected chi connectivity index (χ3v) is 3.78. The van der Waals surface area contributed by atoms with E-state index < -0.39 is 0 Å². The largest absolute Gasteiger partial charge is 0.383 e. The zero-order valence-electron chi connectivity index (χ0n) is 11.2. The molecule has 0 aliphatic carbocycles. The Morgan fingerprint density at radius 3 is 2.94 bits per heavy atom. The molecule has 18 heavy (non-hydrogen) atoms. The van der Waals surface area contributed by atoms with Crippen LogP contribution in [0.1, 0.15) is 5.56 Å². The van der Waals surface area contributed by atoms with Crippen LogP contribution in [0.4, 0.5) is 5.82 Å². The Morgan fingerprint density at radius 2 is 2.22 bits per heavy atom. The Hall–Kier alpha value is -1.17. The average molecular weight is 249 g/mol. The number of piperazine rings is 1.